The summed E-state index contributed by atoms with van der Waals surface area (Å²) in [6.45, 7) is 4.21. The minimum atomic E-state index is -0.413. The second kappa shape index (κ2) is 5.50. The highest BCUT2D eigenvalue weighted by atomic mass is 15.3. The first-order chi connectivity index (χ1) is 10.1. The van der Waals surface area contributed by atoms with Gasteiger partial charge in [0, 0.05) is 17.8 Å². The molecule has 0 spiro atoms. The number of rotatable bonds is 3. The van der Waals surface area contributed by atoms with Crippen molar-refractivity contribution >= 4 is 10.9 Å². The van der Waals surface area contributed by atoms with Gasteiger partial charge in [0.05, 0.1) is 23.8 Å². The zero-order chi connectivity index (χ0) is 14.9. The zero-order valence-corrected chi connectivity index (χ0v) is 12.7. The Morgan fingerprint density at radius 3 is 3.00 bits per heavy atom. The predicted octanol–water partition coefficient (Wildman–Crippen LogP) is 3.41. The summed E-state index contributed by atoms with van der Waals surface area (Å²) in [6, 6.07) is 11.4. The molecule has 2 unspecified atom stereocenters. The predicted molar refractivity (Wildman–Crippen MR) is 83.9 cm³/mol. The van der Waals surface area contributed by atoms with Crippen LogP contribution in [0.4, 0.5) is 0 Å². The number of fused-ring (bicyclic) bond motifs is 1. The van der Waals surface area contributed by atoms with E-state index in [0.717, 1.165) is 25.7 Å². The lowest BCUT2D eigenvalue weighted by atomic mass is 9.79. The minimum Gasteiger partial charge on any atom is -0.297 e. The third-order valence-corrected chi connectivity index (χ3v) is 4.35. The van der Waals surface area contributed by atoms with Gasteiger partial charge in [0.15, 0.2) is 0 Å². The Morgan fingerprint density at radius 2 is 2.24 bits per heavy atom. The highest BCUT2D eigenvalue weighted by Gasteiger charge is 2.38. The van der Waals surface area contributed by atoms with E-state index < -0.39 is 5.54 Å². The first-order valence-corrected chi connectivity index (χ1v) is 7.75. The molecular weight excluding hydrogens is 260 g/mol. The van der Waals surface area contributed by atoms with Crippen molar-refractivity contribution < 1.29 is 0 Å². The Morgan fingerprint density at radius 1 is 1.43 bits per heavy atom. The zero-order valence-electron chi connectivity index (χ0n) is 12.7. The molecule has 21 heavy (non-hydrogen) atoms. The van der Waals surface area contributed by atoms with Gasteiger partial charge >= 0.3 is 0 Å². The number of hydrogen-bond donors (Lipinski definition) is 1. The molecule has 1 aliphatic rings. The van der Waals surface area contributed by atoms with Crippen molar-refractivity contribution in [2.24, 2.45) is 0 Å². The van der Waals surface area contributed by atoms with Crippen molar-refractivity contribution in [3.63, 3.8) is 0 Å². The van der Waals surface area contributed by atoms with Crippen molar-refractivity contribution in [1.82, 2.24) is 15.1 Å². The number of nitriles is 1. The molecule has 0 aliphatic heterocycles. The molecule has 1 fully saturated rings. The lowest BCUT2D eigenvalue weighted by Gasteiger charge is -2.38. The standard InChI is InChI=1S/C17H22N4/c1-13(2)20-17(12-18)9-5-7-15(10-17)21-16-8-4-3-6-14(16)11-19-21/h3-4,6,8,11,13,15,20H,5,7,9-10H2,1-2H3. The van der Waals surface area contributed by atoms with Crippen LogP contribution in [0.15, 0.2) is 30.5 Å². The van der Waals surface area contributed by atoms with Crippen molar-refractivity contribution in [3.05, 3.63) is 30.5 Å². The van der Waals surface area contributed by atoms with E-state index >= 15 is 0 Å². The molecular formula is C17H22N4. The summed E-state index contributed by atoms with van der Waals surface area (Å²) in [5.41, 5.74) is 0.755. The summed E-state index contributed by atoms with van der Waals surface area (Å²) >= 11 is 0. The monoisotopic (exact) mass is 282 g/mol. The molecule has 1 aromatic carbocycles. The fourth-order valence-electron chi connectivity index (χ4n) is 3.55. The molecule has 0 amide bonds. The van der Waals surface area contributed by atoms with E-state index in [1.165, 1.54) is 10.9 Å². The molecule has 1 aliphatic carbocycles. The van der Waals surface area contributed by atoms with Gasteiger partial charge in [-0.05, 0) is 39.2 Å². The maximum Gasteiger partial charge on any atom is 0.109 e. The van der Waals surface area contributed by atoms with Crippen LogP contribution < -0.4 is 5.32 Å². The maximum absolute atomic E-state index is 9.68. The first-order valence-electron chi connectivity index (χ1n) is 7.75. The van der Waals surface area contributed by atoms with Crippen molar-refractivity contribution in [1.29, 1.82) is 5.26 Å². The first kappa shape index (κ1) is 14.1. The molecule has 0 radical (unpaired) electrons. The highest BCUT2D eigenvalue weighted by Crippen LogP contribution is 2.36. The van der Waals surface area contributed by atoms with E-state index in [0.29, 0.717) is 12.1 Å². The largest absolute Gasteiger partial charge is 0.297 e. The third-order valence-electron chi connectivity index (χ3n) is 4.35. The van der Waals surface area contributed by atoms with E-state index in [2.05, 4.69) is 47.1 Å². The molecule has 1 N–H and O–H groups in total. The van der Waals surface area contributed by atoms with Gasteiger partial charge in [-0.2, -0.15) is 10.4 Å². The minimum absolute atomic E-state index is 0.296. The molecule has 110 valence electrons. The number of hydrogen-bond acceptors (Lipinski definition) is 3. The summed E-state index contributed by atoms with van der Waals surface area (Å²) in [7, 11) is 0. The molecule has 1 saturated carbocycles. The fraction of sp³-hybridized carbons (Fsp3) is 0.529. The smallest absolute Gasteiger partial charge is 0.109 e. The molecule has 0 bridgehead atoms. The molecule has 0 saturated heterocycles. The number of nitrogens with zero attached hydrogens (tertiary/aromatic N) is 3. The number of para-hydroxylation sites is 1. The Kier molecular flexibility index (Phi) is 3.69. The molecule has 1 aromatic heterocycles. The van der Waals surface area contributed by atoms with Crippen LogP contribution >= 0.6 is 0 Å². The van der Waals surface area contributed by atoms with Crippen molar-refractivity contribution in [3.8, 4) is 6.07 Å². The molecule has 2 atom stereocenters. The van der Waals surface area contributed by atoms with Gasteiger partial charge in [-0.1, -0.05) is 18.2 Å². The summed E-state index contributed by atoms with van der Waals surface area (Å²) in [5.74, 6) is 0. The Labute approximate surface area is 125 Å². The van der Waals surface area contributed by atoms with Crippen LogP contribution in [0.5, 0.6) is 0 Å². The van der Waals surface area contributed by atoms with Gasteiger partial charge in [-0.3, -0.25) is 10.00 Å². The second-order valence-electron chi connectivity index (χ2n) is 6.39. The van der Waals surface area contributed by atoms with Crippen LogP contribution in [-0.2, 0) is 0 Å². The van der Waals surface area contributed by atoms with Crippen LogP contribution in [0.1, 0.15) is 45.6 Å². The van der Waals surface area contributed by atoms with Crippen LogP contribution in [-0.4, -0.2) is 21.4 Å². The summed E-state index contributed by atoms with van der Waals surface area (Å²) in [5, 5.41) is 18.9. The lowest BCUT2D eigenvalue weighted by Crippen LogP contribution is -2.50. The van der Waals surface area contributed by atoms with Gasteiger partial charge in [-0.25, -0.2) is 0 Å². The summed E-state index contributed by atoms with van der Waals surface area (Å²) in [4.78, 5) is 0. The molecule has 4 heteroatoms. The molecule has 4 nitrogen and oxygen atoms in total. The lowest BCUT2D eigenvalue weighted by molar-refractivity contribution is 0.213. The van der Waals surface area contributed by atoms with Crippen LogP contribution in [0.3, 0.4) is 0 Å². The van der Waals surface area contributed by atoms with Gasteiger partial charge < -0.3 is 0 Å². The Balaban J connectivity index is 1.91. The van der Waals surface area contributed by atoms with E-state index in [1.807, 2.05) is 18.3 Å². The van der Waals surface area contributed by atoms with E-state index in [-0.39, 0.29) is 0 Å². The number of nitrogens with one attached hydrogen (secondary N) is 1. The fourth-order valence-corrected chi connectivity index (χ4v) is 3.55. The number of aromatic nitrogens is 2. The topological polar surface area (TPSA) is 53.6 Å². The summed E-state index contributed by atoms with van der Waals surface area (Å²) in [6.07, 6.45) is 5.83. The Hall–Kier alpha value is -1.86. The van der Waals surface area contributed by atoms with Crippen LogP contribution in [0.2, 0.25) is 0 Å². The van der Waals surface area contributed by atoms with Gasteiger partial charge in [0.2, 0.25) is 0 Å². The van der Waals surface area contributed by atoms with Crippen molar-refractivity contribution in [2.75, 3.05) is 0 Å². The molecule has 3 rings (SSSR count). The van der Waals surface area contributed by atoms with Gasteiger partial charge in [-0.15, -0.1) is 0 Å². The van der Waals surface area contributed by atoms with Crippen LogP contribution in [0, 0.1) is 11.3 Å². The maximum atomic E-state index is 9.68. The Bertz CT molecular complexity index is 667. The summed E-state index contributed by atoms with van der Waals surface area (Å²) < 4.78 is 2.11. The normalized spacial score (nSPS) is 26.1. The van der Waals surface area contributed by atoms with Gasteiger partial charge in [0.25, 0.3) is 0 Å². The second-order valence-corrected chi connectivity index (χ2v) is 6.39. The van der Waals surface area contributed by atoms with E-state index in [1.54, 1.807) is 0 Å². The third kappa shape index (κ3) is 2.66. The average Bonchev–Trinajstić information content (AvgIpc) is 2.91. The molecule has 2 aromatic rings. The average molecular weight is 282 g/mol. The van der Waals surface area contributed by atoms with Gasteiger partial charge in [0.1, 0.15) is 5.54 Å². The van der Waals surface area contributed by atoms with Crippen LogP contribution in [0.25, 0.3) is 10.9 Å². The van der Waals surface area contributed by atoms with E-state index in [4.69, 9.17) is 0 Å². The molecule has 1 heterocycles. The van der Waals surface area contributed by atoms with E-state index in [9.17, 15) is 5.26 Å². The SMILES string of the molecule is CC(C)NC1(C#N)CCCC(n2ncc3ccccc32)C1. The number of benzene rings is 1. The highest BCUT2D eigenvalue weighted by molar-refractivity contribution is 5.78. The quantitative estimate of drug-likeness (QED) is 0.938. The van der Waals surface area contributed by atoms with Crippen molar-refractivity contribution in [2.45, 2.75) is 57.2 Å².